The summed E-state index contributed by atoms with van der Waals surface area (Å²) in [7, 11) is 0. The first kappa shape index (κ1) is 16.0. The minimum Gasteiger partial charge on any atom is -0.434 e. The lowest BCUT2D eigenvalue weighted by Crippen LogP contribution is -2.51. The van der Waals surface area contributed by atoms with Crippen LogP contribution in [0.5, 0.6) is 5.75 Å². The second-order valence-corrected chi connectivity index (χ2v) is 6.19. The molecular formula is C16H21F2N3O2. The molecule has 1 aromatic carbocycles. The van der Waals surface area contributed by atoms with Crippen molar-refractivity contribution in [2.24, 2.45) is 0 Å². The summed E-state index contributed by atoms with van der Waals surface area (Å²) in [6, 6.07) is 3.73. The van der Waals surface area contributed by atoms with Crippen LogP contribution in [-0.2, 0) is 6.54 Å². The van der Waals surface area contributed by atoms with Gasteiger partial charge >= 0.3 is 12.6 Å². The average molecular weight is 325 g/mol. The predicted molar refractivity (Wildman–Crippen MR) is 81.7 cm³/mol. The van der Waals surface area contributed by atoms with Crippen molar-refractivity contribution in [3.8, 4) is 5.75 Å². The molecule has 0 aromatic heterocycles. The Kier molecular flexibility index (Phi) is 4.39. The number of carbonyl (C=O) groups is 1. The zero-order chi connectivity index (χ0) is 16.6. The highest BCUT2D eigenvalue weighted by atomic mass is 19.3. The van der Waals surface area contributed by atoms with Gasteiger partial charge in [-0.2, -0.15) is 8.78 Å². The van der Waals surface area contributed by atoms with Crippen LogP contribution in [0.4, 0.5) is 13.6 Å². The van der Waals surface area contributed by atoms with Crippen molar-refractivity contribution in [3.05, 3.63) is 28.8 Å². The van der Waals surface area contributed by atoms with Gasteiger partial charge in [-0.05, 0) is 31.0 Å². The van der Waals surface area contributed by atoms with E-state index in [2.05, 4.69) is 15.0 Å². The van der Waals surface area contributed by atoms with Gasteiger partial charge in [-0.15, -0.1) is 0 Å². The molecule has 1 N–H and O–H groups in total. The van der Waals surface area contributed by atoms with Crippen LogP contribution in [0.1, 0.15) is 16.7 Å². The second kappa shape index (κ2) is 6.31. The number of aryl methyl sites for hydroxylation is 2. The van der Waals surface area contributed by atoms with Gasteiger partial charge in [0.25, 0.3) is 0 Å². The standard InChI is InChI=1S/C16H21F2N3O2/c1-10-5-12(14(6-11(10)2)23-15(17)18)8-20-3-4-21-13(9-20)7-19-16(21)22/h5-6,13,15H,3-4,7-9H2,1-2H3,(H,19,22)/t13-/m1/s1. The number of halogens is 2. The minimum absolute atomic E-state index is 0.0115. The third kappa shape index (κ3) is 3.39. The summed E-state index contributed by atoms with van der Waals surface area (Å²) in [6.07, 6.45) is 0. The molecular weight excluding hydrogens is 304 g/mol. The Balaban J connectivity index is 1.74. The van der Waals surface area contributed by atoms with Crippen molar-refractivity contribution in [1.29, 1.82) is 0 Å². The van der Waals surface area contributed by atoms with E-state index in [0.29, 0.717) is 19.6 Å². The van der Waals surface area contributed by atoms with Crippen LogP contribution in [-0.4, -0.2) is 54.7 Å². The summed E-state index contributed by atoms with van der Waals surface area (Å²) in [5.74, 6) is 0.242. The maximum absolute atomic E-state index is 12.6. The largest absolute Gasteiger partial charge is 0.434 e. The predicted octanol–water partition coefficient (Wildman–Crippen LogP) is 2.11. The summed E-state index contributed by atoms with van der Waals surface area (Å²) in [5.41, 5.74) is 2.75. The number of fused-ring (bicyclic) bond motifs is 1. The van der Waals surface area contributed by atoms with E-state index in [9.17, 15) is 13.6 Å². The highest BCUT2D eigenvalue weighted by Crippen LogP contribution is 2.27. The molecule has 0 bridgehead atoms. The van der Waals surface area contributed by atoms with E-state index < -0.39 is 6.61 Å². The first-order chi connectivity index (χ1) is 10.9. The molecule has 5 nitrogen and oxygen atoms in total. The van der Waals surface area contributed by atoms with Gasteiger partial charge in [-0.25, -0.2) is 4.79 Å². The summed E-state index contributed by atoms with van der Waals surface area (Å²) in [4.78, 5) is 15.6. The Labute approximate surface area is 134 Å². The van der Waals surface area contributed by atoms with Gasteiger partial charge in [0, 0.05) is 38.3 Å². The quantitative estimate of drug-likeness (QED) is 0.922. The molecule has 2 saturated heterocycles. The number of hydrogen-bond acceptors (Lipinski definition) is 3. The lowest BCUT2D eigenvalue weighted by molar-refractivity contribution is -0.0509. The SMILES string of the molecule is Cc1cc(CN2CCN3C(=O)NC[C@@H]3C2)c(OC(F)F)cc1C. The van der Waals surface area contributed by atoms with E-state index in [1.165, 1.54) is 0 Å². The molecule has 126 valence electrons. The molecule has 1 atom stereocenters. The highest BCUT2D eigenvalue weighted by Gasteiger charge is 2.35. The zero-order valence-corrected chi connectivity index (χ0v) is 13.3. The van der Waals surface area contributed by atoms with Crippen LogP contribution < -0.4 is 10.1 Å². The molecule has 0 saturated carbocycles. The number of nitrogens with one attached hydrogen (secondary N) is 1. The monoisotopic (exact) mass is 325 g/mol. The maximum atomic E-state index is 12.6. The normalized spacial score (nSPS) is 21.5. The fraction of sp³-hybridized carbons (Fsp3) is 0.562. The summed E-state index contributed by atoms with van der Waals surface area (Å²) < 4.78 is 30.0. The number of nitrogens with zero attached hydrogens (tertiary/aromatic N) is 2. The van der Waals surface area contributed by atoms with Gasteiger partial charge in [-0.3, -0.25) is 4.90 Å². The number of hydrogen-bond donors (Lipinski definition) is 1. The first-order valence-corrected chi connectivity index (χ1v) is 7.76. The van der Waals surface area contributed by atoms with E-state index in [4.69, 9.17) is 0 Å². The fourth-order valence-electron chi connectivity index (χ4n) is 3.23. The van der Waals surface area contributed by atoms with E-state index in [-0.39, 0.29) is 17.8 Å². The van der Waals surface area contributed by atoms with Gasteiger partial charge in [0.1, 0.15) is 5.75 Å². The van der Waals surface area contributed by atoms with Gasteiger partial charge < -0.3 is 15.0 Å². The summed E-state index contributed by atoms with van der Waals surface area (Å²) in [5, 5.41) is 2.84. The third-order valence-electron chi connectivity index (χ3n) is 4.60. The first-order valence-electron chi connectivity index (χ1n) is 7.76. The molecule has 0 aliphatic carbocycles. The Bertz CT molecular complexity index is 609. The number of alkyl halides is 2. The van der Waals surface area contributed by atoms with Gasteiger partial charge in [0.2, 0.25) is 0 Å². The van der Waals surface area contributed by atoms with Gasteiger partial charge in [0.05, 0.1) is 6.04 Å². The van der Waals surface area contributed by atoms with E-state index in [1.54, 1.807) is 6.07 Å². The topological polar surface area (TPSA) is 44.8 Å². The van der Waals surface area contributed by atoms with Gasteiger partial charge in [-0.1, -0.05) is 6.07 Å². The van der Waals surface area contributed by atoms with Crippen LogP contribution in [0.3, 0.4) is 0 Å². The van der Waals surface area contributed by atoms with Crippen molar-refractivity contribution in [1.82, 2.24) is 15.1 Å². The summed E-state index contributed by atoms with van der Waals surface area (Å²) >= 11 is 0. The van der Waals surface area contributed by atoms with E-state index in [0.717, 1.165) is 29.8 Å². The Morgan fingerprint density at radius 2 is 2.04 bits per heavy atom. The molecule has 7 heteroatoms. The van der Waals surface area contributed by atoms with Crippen LogP contribution >= 0.6 is 0 Å². The fourth-order valence-corrected chi connectivity index (χ4v) is 3.23. The molecule has 2 amide bonds. The van der Waals surface area contributed by atoms with E-state index in [1.807, 2.05) is 24.8 Å². The molecule has 2 heterocycles. The second-order valence-electron chi connectivity index (χ2n) is 6.19. The number of benzene rings is 1. The molecule has 3 rings (SSSR count). The van der Waals surface area contributed by atoms with Crippen molar-refractivity contribution in [3.63, 3.8) is 0 Å². The number of carbonyl (C=O) groups excluding carboxylic acids is 1. The Morgan fingerprint density at radius 1 is 1.30 bits per heavy atom. The number of urea groups is 1. The molecule has 2 aliphatic rings. The van der Waals surface area contributed by atoms with Crippen LogP contribution in [0.15, 0.2) is 12.1 Å². The summed E-state index contributed by atoms with van der Waals surface area (Å²) in [6.45, 7) is 4.32. The van der Waals surface area contributed by atoms with Crippen molar-refractivity contribution >= 4 is 6.03 Å². The molecule has 1 aromatic rings. The third-order valence-corrected chi connectivity index (χ3v) is 4.60. The minimum atomic E-state index is -2.83. The Morgan fingerprint density at radius 3 is 2.78 bits per heavy atom. The number of piperazine rings is 1. The molecule has 23 heavy (non-hydrogen) atoms. The van der Waals surface area contributed by atoms with E-state index >= 15 is 0 Å². The van der Waals surface area contributed by atoms with Crippen LogP contribution in [0.2, 0.25) is 0 Å². The van der Waals surface area contributed by atoms with Crippen LogP contribution in [0.25, 0.3) is 0 Å². The lowest BCUT2D eigenvalue weighted by Gasteiger charge is -2.36. The lowest BCUT2D eigenvalue weighted by atomic mass is 10.0. The molecule has 0 unspecified atom stereocenters. The zero-order valence-electron chi connectivity index (χ0n) is 13.3. The van der Waals surface area contributed by atoms with Crippen molar-refractivity contribution in [2.75, 3.05) is 26.2 Å². The molecule has 0 radical (unpaired) electrons. The maximum Gasteiger partial charge on any atom is 0.387 e. The highest BCUT2D eigenvalue weighted by molar-refractivity contribution is 5.77. The number of rotatable bonds is 4. The number of amides is 2. The van der Waals surface area contributed by atoms with Gasteiger partial charge in [0.15, 0.2) is 0 Å². The molecule has 2 aliphatic heterocycles. The number of ether oxygens (including phenoxy) is 1. The smallest absolute Gasteiger partial charge is 0.387 e. The average Bonchev–Trinajstić information content (AvgIpc) is 2.85. The molecule has 0 spiro atoms. The van der Waals surface area contributed by atoms with Crippen molar-refractivity contribution in [2.45, 2.75) is 33.0 Å². The Hall–Kier alpha value is -1.89. The molecule has 2 fully saturated rings. The van der Waals surface area contributed by atoms with Crippen molar-refractivity contribution < 1.29 is 18.3 Å². The van der Waals surface area contributed by atoms with Crippen LogP contribution in [0, 0.1) is 13.8 Å².